The maximum absolute atomic E-state index is 11.7. The lowest BCUT2D eigenvalue weighted by molar-refractivity contribution is -0.137. The van der Waals surface area contributed by atoms with E-state index in [2.05, 4.69) is 32.9 Å². The number of rotatable bonds is 7. The quantitative estimate of drug-likeness (QED) is 0.409. The fourth-order valence-electron chi connectivity index (χ4n) is 1.72. The Labute approximate surface area is 122 Å². The standard InChI is InChI=1S/C18H24O2/c1-4-5-9-12-18(2,3)13-14-20-17(19)15-16-10-7-6-8-11-16/h5-11,13-14H,4,12,15H2,1-3H3/b9-5+,14-13+. The molecule has 20 heavy (non-hydrogen) atoms. The van der Waals surface area contributed by atoms with Crippen LogP contribution in [0.2, 0.25) is 0 Å². The Balaban J connectivity index is 2.39. The van der Waals surface area contributed by atoms with Gasteiger partial charge in [-0.25, -0.2) is 0 Å². The van der Waals surface area contributed by atoms with Gasteiger partial charge in [0.2, 0.25) is 0 Å². The van der Waals surface area contributed by atoms with Gasteiger partial charge >= 0.3 is 5.97 Å². The van der Waals surface area contributed by atoms with Crippen molar-refractivity contribution in [2.45, 2.75) is 40.0 Å². The average molecular weight is 272 g/mol. The summed E-state index contributed by atoms with van der Waals surface area (Å²) in [5, 5.41) is 0. The normalized spacial score (nSPS) is 12.2. The van der Waals surface area contributed by atoms with Crippen molar-refractivity contribution in [1.29, 1.82) is 0 Å². The van der Waals surface area contributed by atoms with Crippen molar-refractivity contribution in [3.8, 4) is 0 Å². The summed E-state index contributed by atoms with van der Waals surface area (Å²) in [4.78, 5) is 11.7. The molecule has 0 atom stereocenters. The van der Waals surface area contributed by atoms with Crippen LogP contribution in [-0.4, -0.2) is 5.97 Å². The molecule has 0 saturated heterocycles. The lowest BCUT2D eigenvalue weighted by Crippen LogP contribution is -2.08. The third-order valence-electron chi connectivity index (χ3n) is 2.96. The predicted molar refractivity (Wildman–Crippen MR) is 83.2 cm³/mol. The van der Waals surface area contributed by atoms with E-state index < -0.39 is 0 Å². The van der Waals surface area contributed by atoms with Crippen LogP contribution < -0.4 is 0 Å². The smallest absolute Gasteiger partial charge is 0.315 e. The summed E-state index contributed by atoms with van der Waals surface area (Å²) in [6.45, 7) is 6.35. The maximum Gasteiger partial charge on any atom is 0.315 e. The van der Waals surface area contributed by atoms with Gasteiger partial charge in [0.15, 0.2) is 0 Å². The molecule has 0 bridgehead atoms. The van der Waals surface area contributed by atoms with E-state index >= 15 is 0 Å². The van der Waals surface area contributed by atoms with E-state index in [0.29, 0.717) is 6.42 Å². The molecule has 0 saturated carbocycles. The molecule has 1 rings (SSSR count). The zero-order valence-corrected chi connectivity index (χ0v) is 12.6. The molecule has 0 heterocycles. The monoisotopic (exact) mass is 272 g/mol. The number of esters is 1. The van der Waals surface area contributed by atoms with Gasteiger partial charge in [-0.3, -0.25) is 4.79 Å². The lowest BCUT2D eigenvalue weighted by atomic mass is 9.89. The molecule has 0 aliphatic heterocycles. The second kappa shape index (κ2) is 8.36. The van der Waals surface area contributed by atoms with Crippen molar-refractivity contribution in [3.05, 3.63) is 60.4 Å². The molecule has 108 valence electrons. The van der Waals surface area contributed by atoms with Gasteiger partial charge in [0.1, 0.15) is 0 Å². The number of hydrogen-bond acceptors (Lipinski definition) is 2. The van der Waals surface area contributed by atoms with Crippen LogP contribution in [-0.2, 0) is 16.0 Å². The fourth-order valence-corrected chi connectivity index (χ4v) is 1.72. The second-order valence-corrected chi connectivity index (χ2v) is 5.53. The molecule has 2 nitrogen and oxygen atoms in total. The van der Waals surface area contributed by atoms with E-state index in [0.717, 1.165) is 18.4 Å². The van der Waals surface area contributed by atoms with Crippen molar-refractivity contribution >= 4 is 5.97 Å². The van der Waals surface area contributed by atoms with Crippen LogP contribution in [0.4, 0.5) is 0 Å². The Morgan fingerprint density at radius 1 is 1.20 bits per heavy atom. The first-order chi connectivity index (χ1) is 9.53. The maximum atomic E-state index is 11.7. The molecule has 0 aliphatic carbocycles. The highest BCUT2D eigenvalue weighted by Gasteiger charge is 2.12. The molecule has 0 amide bonds. The zero-order valence-electron chi connectivity index (χ0n) is 12.6. The van der Waals surface area contributed by atoms with Gasteiger partial charge in [-0.15, -0.1) is 0 Å². The van der Waals surface area contributed by atoms with E-state index in [9.17, 15) is 4.79 Å². The number of carbonyl (C=O) groups is 1. The minimum absolute atomic E-state index is 0.00129. The largest absolute Gasteiger partial charge is 0.435 e. The molecule has 0 radical (unpaired) electrons. The SMILES string of the molecule is CC/C=C/CC(C)(C)/C=C/OC(=O)Cc1ccccc1. The third-order valence-corrected chi connectivity index (χ3v) is 2.96. The molecule has 1 aromatic carbocycles. The van der Waals surface area contributed by atoms with Crippen molar-refractivity contribution < 1.29 is 9.53 Å². The van der Waals surface area contributed by atoms with Crippen LogP contribution in [0.5, 0.6) is 0 Å². The Kier molecular flexibility index (Phi) is 6.78. The molecular weight excluding hydrogens is 248 g/mol. The summed E-state index contributed by atoms with van der Waals surface area (Å²) in [5.74, 6) is -0.229. The Bertz CT molecular complexity index is 456. The molecule has 1 aromatic rings. The molecule has 0 fully saturated rings. The summed E-state index contributed by atoms with van der Waals surface area (Å²) >= 11 is 0. The molecule has 0 aliphatic rings. The molecule has 0 aromatic heterocycles. The molecule has 0 spiro atoms. The van der Waals surface area contributed by atoms with Crippen LogP contribution in [0.15, 0.2) is 54.8 Å². The summed E-state index contributed by atoms with van der Waals surface area (Å²) in [5.41, 5.74) is 0.967. The van der Waals surface area contributed by atoms with Gasteiger partial charge in [-0.2, -0.15) is 0 Å². The minimum atomic E-state index is -0.229. The first kappa shape index (κ1) is 16.2. The van der Waals surface area contributed by atoms with Crippen LogP contribution in [0.3, 0.4) is 0 Å². The Hall–Kier alpha value is -1.83. The highest BCUT2D eigenvalue weighted by atomic mass is 16.5. The van der Waals surface area contributed by atoms with Gasteiger partial charge < -0.3 is 4.74 Å². The number of ether oxygens (including phenoxy) is 1. The van der Waals surface area contributed by atoms with Crippen LogP contribution in [0, 0.1) is 5.41 Å². The van der Waals surface area contributed by atoms with Gasteiger partial charge in [0.05, 0.1) is 12.7 Å². The first-order valence-electron chi connectivity index (χ1n) is 7.09. The minimum Gasteiger partial charge on any atom is -0.435 e. The van der Waals surface area contributed by atoms with Crippen molar-refractivity contribution in [2.75, 3.05) is 0 Å². The van der Waals surface area contributed by atoms with Gasteiger partial charge in [0, 0.05) is 0 Å². The number of carbonyl (C=O) groups excluding carboxylic acids is 1. The average Bonchev–Trinajstić information content (AvgIpc) is 2.39. The van der Waals surface area contributed by atoms with E-state index in [1.807, 2.05) is 36.4 Å². The Morgan fingerprint density at radius 2 is 1.90 bits per heavy atom. The van der Waals surface area contributed by atoms with Crippen molar-refractivity contribution in [2.24, 2.45) is 5.41 Å². The van der Waals surface area contributed by atoms with Crippen molar-refractivity contribution in [1.82, 2.24) is 0 Å². The van der Waals surface area contributed by atoms with Crippen LogP contribution >= 0.6 is 0 Å². The highest BCUT2D eigenvalue weighted by Crippen LogP contribution is 2.22. The topological polar surface area (TPSA) is 26.3 Å². The summed E-state index contributed by atoms with van der Waals surface area (Å²) in [7, 11) is 0. The summed E-state index contributed by atoms with van der Waals surface area (Å²) in [6.07, 6.45) is 10.1. The number of benzene rings is 1. The van der Waals surface area contributed by atoms with Gasteiger partial charge in [0.25, 0.3) is 0 Å². The lowest BCUT2D eigenvalue weighted by Gasteiger charge is -2.17. The molecule has 0 unspecified atom stereocenters. The Morgan fingerprint density at radius 3 is 2.55 bits per heavy atom. The summed E-state index contributed by atoms with van der Waals surface area (Å²) < 4.78 is 5.14. The van der Waals surface area contributed by atoms with Crippen LogP contribution in [0.25, 0.3) is 0 Å². The summed E-state index contributed by atoms with van der Waals surface area (Å²) in [6, 6.07) is 9.61. The third kappa shape index (κ3) is 6.93. The number of allylic oxidation sites excluding steroid dienone is 3. The zero-order chi connectivity index (χ0) is 14.8. The van der Waals surface area contributed by atoms with E-state index in [-0.39, 0.29) is 11.4 Å². The van der Waals surface area contributed by atoms with Gasteiger partial charge in [-0.1, -0.05) is 63.3 Å². The molecular formula is C18H24O2. The highest BCUT2D eigenvalue weighted by molar-refractivity contribution is 5.73. The van der Waals surface area contributed by atoms with Crippen molar-refractivity contribution in [3.63, 3.8) is 0 Å². The predicted octanol–water partition coefficient (Wildman–Crippen LogP) is 4.67. The van der Waals surface area contributed by atoms with E-state index in [1.165, 1.54) is 6.26 Å². The van der Waals surface area contributed by atoms with E-state index in [4.69, 9.17) is 4.74 Å². The van der Waals surface area contributed by atoms with Gasteiger partial charge in [-0.05, 0) is 29.9 Å². The second-order valence-electron chi connectivity index (χ2n) is 5.53. The fraction of sp³-hybridized carbons (Fsp3) is 0.389. The first-order valence-corrected chi connectivity index (χ1v) is 7.09. The van der Waals surface area contributed by atoms with E-state index in [1.54, 1.807) is 0 Å². The molecule has 0 N–H and O–H groups in total. The van der Waals surface area contributed by atoms with Crippen LogP contribution in [0.1, 0.15) is 39.2 Å². The number of hydrogen-bond donors (Lipinski definition) is 0. The molecule has 2 heteroatoms.